The van der Waals surface area contributed by atoms with Crippen molar-refractivity contribution < 1.29 is 4.79 Å². The zero-order valence-corrected chi connectivity index (χ0v) is 9.86. The van der Waals surface area contributed by atoms with Crippen molar-refractivity contribution in [3.8, 4) is 0 Å². The molecule has 0 saturated carbocycles. The maximum absolute atomic E-state index is 12.2. The number of hydrogen-bond donors (Lipinski definition) is 0. The van der Waals surface area contributed by atoms with Crippen molar-refractivity contribution in [3.63, 3.8) is 0 Å². The van der Waals surface area contributed by atoms with E-state index in [0.29, 0.717) is 5.78 Å². The molecule has 1 heterocycles. The van der Waals surface area contributed by atoms with E-state index in [1.807, 2.05) is 30.3 Å². The van der Waals surface area contributed by atoms with Crippen LogP contribution in [0, 0.1) is 5.92 Å². The number of carbonyl (C=O) groups excluding carboxylic acids is 1. The molecule has 2 heteroatoms. The maximum Gasteiger partial charge on any atom is 0.166 e. The third kappa shape index (κ3) is 2.50. The summed E-state index contributed by atoms with van der Waals surface area (Å²) in [5.74, 6) is 0.571. The molecule has 1 saturated heterocycles. The van der Waals surface area contributed by atoms with Crippen LogP contribution in [0.4, 0.5) is 0 Å². The monoisotopic (exact) mass is 217 g/mol. The van der Waals surface area contributed by atoms with E-state index in [4.69, 9.17) is 0 Å². The molecule has 16 heavy (non-hydrogen) atoms. The molecule has 1 aromatic carbocycles. The van der Waals surface area contributed by atoms with Crippen LogP contribution in [-0.4, -0.2) is 30.3 Å². The van der Waals surface area contributed by atoms with Crippen LogP contribution >= 0.6 is 0 Å². The van der Waals surface area contributed by atoms with Crippen molar-refractivity contribution in [1.82, 2.24) is 4.90 Å². The Bertz CT molecular complexity index is 339. The standard InChI is InChI=1S/C14H19NO/c1-2-15-10-8-13(9-11-15)14(16)12-6-4-3-5-7-12/h3-7,13H,2,8-11H2,1H3. The third-order valence-corrected chi connectivity index (χ3v) is 3.46. The van der Waals surface area contributed by atoms with E-state index in [1.54, 1.807) is 0 Å². The molecular weight excluding hydrogens is 198 g/mol. The van der Waals surface area contributed by atoms with Crippen molar-refractivity contribution in [1.29, 1.82) is 0 Å². The summed E-state index contributed by atoms with van der Waals surface area (Å²) in [7, 11) is 0. The molecule has 1 aliphatic rings. The van der Waals surface area contributed by atoms with Gasteiger partial charge in [0.2, 0.25) is 0 Å². The summed E-state index contributed by atoms with van der Waals surface area (Å²) >= 11 is 0. The average Bonchev–Trinajstić information content (AvgIpc) is 2.39. The van der Waals surface area contributed by atoms with Crippen LogP contribution in [0.2, 0.25) is 0 Å². The fraction of sp³-hybridized carbons (Fsp3) is 0.500. The number of benzene rings is 1. The second-order valence-corrected chi connectivity index (χ2v) is 4.44. The molecule has 0 amide bonds. The number of rotatable bonds is 3. The number of ketones is 1. The summed E-state index contributed by atoms with van der Waals surface area (Å²) in [5.41, 5.74) is 0.873. The quantitative estimate of drug-likeness (QED) is 0.725. The van der Waals surface area contributed by atoms with E-state index in [2.05, 4.69) is 11.8 Å². The molecule has 0 unspecified atom stereocenters. The molecule has 0 spiro atoms. The summed E-state index contributed by atoms with van der Waals surface area (Å²) in [6.45, 7) is 5.42. The van der Waals surface area contributed by atoms with Gasteiger partial charge < -0.3 is 4.90 Å². The smallest absolute Gasteiger partial charge is 0.166 e. The Morgan fingerprint density at radius 3 is 2.44 bits per heavy atom. The van der Waals surface area contributed by atoms with Gasteiger partial charge in [-0.25, -0.2) is 0 Å². The first kappa shape index (κ1) is 11.3. The number of Topliss-reactive ketones (excluding diaryl/α,β-unsaturated/α-hetero) is 1. The van der Waals surface area contributed by atoms with Gasteiger partial charge in [0, 0.05) is 11.5 Å². The van der Waals surface area contributed by atoms with E-state index in [0.717, 1.165) is 38.0 Å². The normalized spacial score (nSPS) is 18.6. The lowest BCUT2D eigenvalue weighted by atomic mass is 9.89. The third-order valence-electron chi connectivity index (χ3n) is 3.46. The first-order valence-electron chi connectivity index (χ1n) is 6.13. The molecular formula is C14H19NO. The zero-order chi connectivity index (χ0) is 11.4. The Morgan fingerprint density at radius 2 is 1.88 bits per heavy atom. The Labute approximate surface area is 97.3 Å². The van der Waals surface area contributed by atoms with Crippen LogP contribution in [0.15, 0.2) is 30.3 Å². The number of nitrogens with zero attached hydrogens (tertiary/aromatic N) is 1. The lowest BCUT2D eigenvalue weighted by molar-refractivity contribution is 0.0844. The van der Waals surface area contributed by atoms with Gasteiger partial charge in [0.05, 0.1) is 0 Å². The Hall–Kier alpha value is -1.15. The summed E-state index contributed by atoms with van der Waals surface area (Å²) in [6.07, 6.45) is 2.03. The highest BCUT2D eigenvalue weighted by atomic mass is 16.1. The number of carbonyl (C=O) groups is 1. The summed E-state index contributed by atoms with van der Waals surface area (Å²) in [5, 5.41) is 0. The molecule has 2 rings (SSSR count). The topological polar surface area (TPSA) is 20.3 Å². The number of piperidine rings is 1. The minimum absolute atomic E-state index is 0.241. The van der Waals surface area contributed by atoms with Crippen LogP contribution in [0.25, 0.3) is 0 Å². The molecule has 86 valence electrons. The van der Waals surface area contributed by atoms with Gasteiger partial charge in [0.25, 0.3) is 0 Å². The average molecular weight is 217 g/mol. The number of hydrogen-bond acceptors (Lipinski definition) is 2. The predicted molar refractivity (Wildman–Crippen MR) is 65.6 cm³/mol. The van der Waals surface area contributed by atoms with E-state index >= 15 is 0 Å². The highest BCUT2D eigenvalue weighted by Crippen LogP contribution is 2.21. The lowest BCUT2D eigenvalue weighted by Gasteiger charge is -2.30. The molecule has 2 nitrogen and oxygen atoms in total. The lowest BCUT2D eigenvalue weighted by Crippen LogP contribution is -2.36. The van der Waals surface area contributed by atoms with Gasteiger partial charge >= 0.3 is 0 Å². The Morgan fingerprint density at radius 1 is 1.25 bits per heavy atom. The number of likely N-dealkylation sites (tertiary alicyclic amines) is 1. The molecule has 0 atom stereocenters. The van der Waals surface area contributed by atoms with Crippen LogP contribution in [0.3, 0.4) is 0 Å². The van der Waals surface area contributed by atoms with Gasteiger partial charge in [-0.05, 0) is 32.5 Å². The van der Waals surface area contributed by atoms with E-state index in [-0.39, 0.29) is 5.92 Å². The first-order valence-corrected chi connectivity index (χ1v) is 6.13. The van der Waals surface area contributed by atoms with Gasteiger partial charge in [-0.2, -0.15) is 0 Å². The largest absolute Gasteiger partial charge is 0.304 e. The van der Waals surface area contributed by atoms with Crippen LogP contribution in [0.1, 0.15) is 30.1 Å². The Kier molecular flexibility index (Phi) is 3.73. The fourth-order valence-electron chi connectivity index (χ4n) is 2.35. The van der Waals surface area contributed by atoms with Gasteiger partial charge in [-0.3, -0.25) is 4.79 Å². The van der Waals surface area contributed by atoms with Gasteiger partial charge in [0.15, 0.2) is 5.78 Å². The zero-order valence-electron chi connectivity index (χ0n) is 9.86. The second kappa shape index (κ2) is 5.26. The molecule has 0 aromatic heterocycles. The predicted octanol–water partition coefficient (Wildman–Crippen LogP) is 2.60. The van der Waals surface area contributed by atoms with Crippen LogP contribution in [0.5, 0.6) is 0 Å². The molecule has 0 radical (unpaired) electrons. The molecule has 1 fully saturated rings. The van der Waals surface area contributed by atoms with Crippen LogP contribution < -0.4 is 0 Å². The summed E-state index contributed by atoms with van der Waals surface area (Å²) < 4.78 is 0. The molecule has 1 aliphatic heterocycles. The summed E-state index contributed by atoms with van der Waals surface area (Å²) in [4.78, 5) is 14.6. The maximum atomic E-state index is 12.2. The fourth-order valence-corrected chi connectivity index (χ4v) is 2.35. The van der Waals surface area contributed by atoms with Crippen molar-refractivity contribution in [2.45, 2.75) is 19.8 Å². The highest BCUT2D eigenvalue weighted by Gasteiger charge is 2.24. The highest BCUT2D eigenvalue weighted by molar-refractivity contribution is 5.97. The van der Waals surface area contributed by atoms with Crippen molar-refractivity contribution in [2.24, 2.45) is 5.92 Å². The SMILES string of the molecule is CCN1CCC(C(=O)c2ccccc2)CC1. The van der Waals surface area contributed by atoms with Crippen LogP contribution in [-0.2, 0) is 0 Å². The Balaban J connectivity index is 1.97. The van der Waals surface area contributed by atoms with Gasteiger partial charge in [-0.15, -0.1) is 0 Å². The minimum Gasteiger partial charge on any atom is -0.304 e. The minimum atomic E-state index is 0.241. The van der Waals surface area contributed by atoms with Crippen molar-refractivity contribution in [3.05, 3.63) is 35.9 Å². The van der Waals surface area contributed by atoms with E-state index < -0.39 is 0 Å². The summed E-state index contributed by atoms with van der Waals surface area (Å²) in [6, 6.07) is 9.68. The molecule has 0 aliphatic carbocycles. The van der Waals surface area contributed by atoms with E-state index in [1.165, 1.54) is 0 Å². The van der Waals surface area contributed by atoms with Crippen molar-refractivity contribution in [2.75, 3.05) is 19.6 Å². The first-order chi connectivity index (χ1) is 7.81. The second-order valence-electron chi connectivity index (χ2n) is 4.44. The molecule has 1 aromatic rings. The molecule has 0 bridgehead atoms. The van der Waals surface area contributed by atoms with E-state index in [9.17, 15) is 4.79 Å². The van der Waals surface area contributed by atoms with Gasteiger partial charge in [-0.1, -0.05) is 37.3 Å². The van der Waals surface area contributed by atoms with Crippen molar-refractivity contribution >= 4 is 5.78 Å². The van der Waals surface area contributed by atoms with Gasteiger partial charge in [0.1, 0.15) is 0 Å². The molecule has 0 N–H and O–H groups in total.